The third-order valence-electron chi connectivity index (χ3n) is 2.99. The van der Waals surface area contributed by atoms with Crippen LogP contribution in [0.25, 0.3) is 0 Å². The van der Waals surface area contributed by atoms with Crippen LogP contribution in [0.2, 0.25) is 0 Å². The molecule has 0 heterocycles. The lowest BCUT2D eigenvalue weighted by molar-refractivity contribution is -0.141. The van der Waals surface area contributed by atoms with Gasteiger partial charge in [0, 0.05) is 20.0 Å². The van der Waals surface area contributed by atoms with Crippen molar-refractivity contribution < 1.29 is 14.3 Å². The summed E-state index contributed by atoms with van der Waals surface area (Å²) in [6.45, 7) is 0.457. The molecular weight excluding hydrogens is 194 g/mol. The molecule has 0 spiro atoms. The fourth-order valence-electron chi connectivity index (χ4n) is 1.59. The predicted octanol–water partition coefficient (Wildman–Crippen LogP) is 1.20. The molecule has 1 aliphatic carbocycles. The molecule has 0 N–H and O–H groups in total. The van der Waals surface area contributed by atoms with E-state index in [0.29, 0.717) is 18.9 Å². The topological polar surface area (TPSA) is 46.6 Å². The van der Waals surface area contributed by atoms with E-state index in [1.165, 1.54) is 26.4 Å². The molecule has 0 aromatic carbocycles. The quantitative estimate of drug-likeness (QED) is 0.645. The molecular formula is C11H19NO3. The molecule has 1 rings (SSSR count). The normalized spacial score (nSPS) is 15.6. The van der Waals surface area contributed by atoms with Crippen molar-refractivity contribution in [2.75, 3.05) is 20.7 Å². The van der Waals surface area contributed by atoms with Crippen LogP contribution < -0.4 is 0 Å². The van der Waals surface area contributed by atoms with Crippen molar-refractivity contribution in [3.8, 4) is 0 Å². The van der Waals surface area contributed by atoms with Crippen LogP contribution >= 0.6 is 0 Å². The van der Waals surface area contributed by atoms with Crippen LogP contribution in [0.3, 0.4) is 0 Å². The van der Waals surface area contributed by atoms with Crippen LogP contribution in [-0.4, -0.2) is 37.5 Å². The van der Waals surface area contributed by atoms with Gasteiger partial charge in [-0.2, -0.15) is 0 Å². The lowest BCUT2D eigenvalue weighted by Gasteiger charge is -2.27. The van der Waals surface area contributed by atoms with Crippen LogP contribution in [0.15, 0.2) is 0 Å². The number of hydrogen-bond acceptors (Lipinski definition) is 3. The standard InChI is InChI=1S/C11H19NO3/c1-12(7-6-11(14)15-2)10(13)8-9-4-3-5-9/h9H,3-8H2,1-2H3. The Labute approximate surface area is 90.6 Å². The summed E-state index contributed by atoms with van der Waals surface area (Å²) in [7, 11) is 3.10. The molecule has 1 fully saturated rings. The highest BCUT2D eigenvalue weighted by atomic mass is 16.5. The number of rotatable bonds is 5. The number of carbonyl (C=O) groups excluding carboxylic acids is 2. The summed E-state index contributed by atoms with van der Waals surface area (Å²) in [6, 6.07) is 0. The first-order valence-electron chi connectivity index (χ1n) is 5.44. The van der Waals surface area contributed by atoms with E-state index in [1.54, 1.807) is 11.9 Å². The number of esters is 1. The Hall–Kier alpha value is -1.06. The number of ether oxygens (including phenoxy) is 1. The van der Waals surface area contributed by atoms with Crippen LogP contribution in [-0.2, 0) is 14.3 Å². The number of carbonyl (C=O) groups is 2. The van der Waals surface area contributed by atoms with Gasteiger partial charge in [0.05, 0.1) is 13.5 Å². The smallest absolute Gasteiger partial charge is 0.307 e. The maximum absolute atomic E-state index is 11.6. The Balaban J connectivity index is 2.17. The minimum Gasteiger partial charge on any atom is -0.469 e. The number of hydrogen-bond donors (Lipinski definition) is 0. The second kappa shape index (κ2) is 5.73. The fraction of sp³-hybridized carbons (Fsp3) is 0.818. The first-order valence-corrected chi connectivity index (χ1v) is 5.44. The first kappa shape index (κ1) is 12.0. The van der Waals surface area contributed by atoms with Gasteiger partial charge in [-0.1, -0.05) is 6.42 Å². The molecule has 0 aromatic rings. The van der Waals surface area contributed by atoms with Crippen molar-refractivity contribution in [1.82, 2.24) is 4.90 Å². The van der Waals surface area contributed by atoms with Gasteiger partial charge in [-0.3, -0.25) is 9.59 Å². The molecule has 1 amide bonds. The van der Waals surface area contributed by atoms with Gasteiger partial charge in [0.15, 0.2) is 0 Å². The van der Waals surface area contributed by atoms with E-state index in [1.807, 2.05) is 0 Å². The zero-order valence-electron chi connectivity index (χ0n) is 9.49. The molecule has 0 atom stereocenters. The van der Waals surface area contributed by atoms with Gasteiger partial charge in [0.25, 0.3) is 0 Å². The van der Waals surface area contributed by atoms with Crippen molar-refractivity contribution in [1.29, 1.82) is 0 Å². The molecule has 15 heavy (non-hydrogen) atoms. The van der Waals surface area contributed by atoms with E-state index < -0.39 is 0 Å². The Morgan fingerprint density at radius 2 is 2.07 bits per heavy atom. The predicted molar refractivity (Wildman–Crippen MR) is 56.2 cm³/mol. The van der Waals surface area contributed by atoms with Crippen LogP contribution in [0.5, 0.6) is 0 Å². The zero-order chi connectivity index (χ0) is 11.3. The molecule has 0 aliphatic heterocycles. The van der Waals surface area contributed by atoms with Crippen LogP contribution in [0.1, 0.15) is 32.1 Å². The van der Waals surface area contributed by atoms with Crippen molar-refractivity contribution in [2.24, 2.45) is 5.92 Å². The minimum atomic E-state index is -0.265. The van der Waals surface area contributed by atoms with Gasteiger partial charge < -0.3 is 9.64 Å². The fourth-order valence-corrected chi connectivity index (χ4v) is 1.59. The van der Waals surface area contributed by atoms with E-state index in [-0.39, 0.29) is 18.3 Å². The minimum absolute atomic E-state index is 0.142. The van der Waals surface area contributed by atoms with Crippen molar-refractivity contribution in [3.05, 3.63) is 0 Å². The number of nitrogens with zero attached hydrogens (tertiary/aromatic N) is 1. The summed E-state index contributed by atoms with van der Waals surface area (Å²) in [5, 5.41) is 0. The second-order valence-electron chi connectivity index (χ2n) is 4.14. The highest BCUT2D eigenvalue weighted by molar-refractivity contribution is 5.77. The highest BCUT2D eigenvalue weighted by Crippen LogP contribution is 2.29. The maximum Gasteiger partial charge on any atom is 0.307 e. The molecule has 86 valence electrons. The van der Waals surface area contributed by atoms with Gasteiger partial charge in [-0.25, -0.2) is 0 Å². The Bertz CT molecular complexity index is 236. The summed E-state index contributed by atoms with van der Waals surface area (Å²) in [4.78, 5) is 24.1. The molecule has 0 unspecified atom stereocenters. The third kappa shape index (κ3) is 3.90. The van der Waals surface area contributed by atoms with Crippen molar-refractivity contribution >= 4 is 11.9 Å². The second-order valence-corrected chi connectivity index (χ2v) is 4.14. The SMILES string of the molecule is COC(=O)CCN(C)C(=O)CC1CCC1. The van der Waals surface area contributed by atoms with Crippen molar-refractivity contribution in [3.63, 3.8) is 0 Å². The third-order valence-corrected chi connectivity index (χ3v) is 2.99. The summed E-state index contributed by atoms with van der Waals surface area (Å²) in [6.07, 6.45) is 4.53. The maximum atomic E-state index is 11.6. The number of methoxy groups -OCH3 is 1. The van der Waals surface area contributed by atoms with Gasteiger partial charge in [-0.15, -0.1) is 0 Å². The molecule has 1 aliphatic rings. The largest absolute Gasteiger partial charge is 0.469 e. The summed E-state index contributed by atoms with van der Waals surface area (Å²) < 4.78 is 4.52. The molecule has 4 nitrogen and oxygen atoms in total. The van der Waals surface area contributed by atoms with Gasteiger partial charge in [0.2, 0.25) is 5.91 Å². The van der Waals surface area contributed by atoms with E-state index in [4.69, 9.17) is 0 Å². The Morgan fingerprint density at radius 1 is 1.40 bits per heavy atom. The van der Waals surface area contributed by atoms with Gasteiger partial charge in [-0.05, 0) is 18.8 Å². The zero-order valence-corrected chi connectivity index (χ0v) is 9.49. The molecule has 0 radical (unpaired) electrons. The summed E-state index contributed by atoms with van der Waals surface area (Å²) >= 11 is 0. The molecule has 0 bridgehead atoms. The molecule has 0 aromatic heterocycles. The monoisotopic (exact) mass is 213 g/mol. The van der Waals surface area contributed by atoms with E-state index >= 15 is 0 Å². The van der Waals surface area contributed by atoms with Crippen molar-refractivity contribution in [2.45, 2.75) is 32.1 Å². The number of amides is 1. The Morgan fingerprint density at radius 3 is 2.53 bits per heavy atom. The Kier molecular flexibility index (Phi) is 4.59. The van der Waals surface area contributed by atoms with Gasteiger partial charge >= 0.3 is 5.97 Å². The van der Waals surface area contributed by atoms with Crippen LogP contribution in [0, 0.1) is 5.92 Å². The molecule has 0 saturated heterocycles. The lowest BCUT2D eigenvalue weighted by Crippen LogP contribution is -2.31. The van der Waals surface area contributed by atoms with E-state index in [9.17, 15) is 9.59 Å². The molecule has 4 heteroatoms. The highest BCUT2D eigenvalue weighted by Gasteiger charge is 2.22. The van der Waals surface area contributed by atoms with Gasteiger partial charge in [0.1, 0.15) is 0 Å². The van der Waals surface area contributed by atoms with Crippen LogP contribution in [0.4, 0.5) is 0 Å². The average molecular weight is 213 g/mol. The average Bonchev–Trinajstić information content (AvgIpc) is 2.18. The van der Waals surface area contributed by atoms with E-state index in [2.05, 4.69) is 4.74 Å². The lowest BCUT2D eigenvalue weighted by atomic mass is 9.83. The summed E-state index contributed by atoms with van der Waals surface area (Å²) in [5.74, 6) is 0.458. The first-order chi connectivity index (χ1) is 7.13. The van der Waals surface area contributed by atoms with E-state index in [0.717, 1.165) is 0 Å². The molecule has 1 saturated carbocycles. The summed E-state index contributed by atoms with van der Waals surface area (Å²) in [5.41, 5.74) is 0.